The molecule has 0 atom stereocenters. The second-order valence-electron chi connectivity index (χ2n) is 22.0. The van der Waals surface area contributed by atoms with Gasteiger partial charge in [0.15, 0.2) is 23.0 Å². The molecule has 0 fully saturated rings. The number of rotatable bonds is 25. The average molecular weight is 1600 g/mol. The number of hydrogen-bond acceptors (Lipinski definition) is 28. The van der Waals surface area contributed by atoms with Crippen LogP contribution in [0.3, 0.4) is 0 Å². The molecule has 0 bridgehead atoms. The third-order valence-electron chi connectivity index (χ3n) is 12.7. The molecule has 0 radical (unpaired) electrons. The lowest BCUT2D eigenvalue weighted by molar-refractivity contribution is -0.114. The van der Waals surface area contributed by atoms with E-state index in [-0.39, 0.29) is 58.3 Å². The molecule has 7 aromatic rings. The monoisotopic (exact) mass is 1600 g/mol. The van der Waals surface area contributed by atoms with Crippen LogP contribution in [-0.4, -0.2) is 215 Å². The molecule has 15 N–H and O–H groups in total. The quantitative estimate of drug-likeness (QED) is 0.0187. The first-order valence-corrected chi connectivity index (χ1v) is 39.6. The molecule has 0 aromatic heterocycles. The van der Waals surface area contributed by atoms with Crippen molar-refractivity contribution in [2.75, 3.05) is 196 Å². The zero-order valence-corrected chi connectivity index (χ0v) is 71.6. The lowest BCUT2D eigenvalue weighted by atomic mass is 10.1. The second-order valence-corrected chi connectivity index (χ2v) is 29.0. The molecule has 7 rings (SSSR count). The summed E-state index contributed by atoms with van der Waals surface area (Å²) in [6, 6.07) is 35.5. The molecule has 628 valence electrons. The van der Waals surface area contributed by atoms with Gasteiger partial charge in [0.1, 0.15) is 51.6 Å². The van der Waals surface area contributed by atoms with Gasteiger partial charge < -0.3 is 139 Å². The third-order valence-corrected chi connectivity index (χ3v) is 15.1. The lowest BCUT2D eigenvalue weighted by Gasteiger charge is -2.16. The van der Waals surface area contributed by atoms with Crippen molar-refractivity contribution in [3.63, 3.8) is 0 Å². The molecular formula is C79H133N5O24P2. The van der Waals surface area contributed by atoms with Gasteiger partial charge >= 0.3 is 0 Å². The summed E-state index contributed by atoms with van der Waals surface area (Å²) in [5, 5.41) is 68.1. The molecule has 0 unspecified atom stereocenters. The summed E-state index contributed by atoms with van der Waals surface area (Å²) in [5.41, 5.74) is 23.3. The first kappa shape index (κ1) is 112. The first-order chi connectivity index (χ1) is 52.5. The maximum absolute atomic E-state index is 11.9. The summed E-state index contributed by atoms with van der Waals surface area (Å²) in [6.07, 6.45) is 0.545. The number of aliphatic hydroxyl groups excluding tert-OH is 7. The predicted molar refractivity (Wildman–Crippen MR) is 445 cm³/mol. The Morgan fingerprint density at radius 1 is 0.364 bits per heavy atom. The van der Waals surface area contributed by atoms with Crippen LogP contribution in [0.5, 0.6) is 63.2 Å². The average Bonchev–Trinajstić information content (AvgIpc) is 0.844. The molecule has 0 saturated carbocycles. The van der Waals surface area contributed by atoms with E-state index in [1.807, 2.05) is 82.3 Å². The van der Waals surface area contributed by atoms with Gasteiger partial charge in [-0.25, -0.2) is 0 Å². The highest BCUT2D eigenvalue weighted by Crippen LogP contribution is 2.41. The van der Waals surface area contributed by atoms with Crippen molar-refractivity contribution in [2.24, 2.45) is 5.73 Å². The number of nitrogens with one attached hydrogen (secondary N) is 2. The molecular weight excluding hydrogens is 1460 g/mol. The van der Waals surface area contributed by atoms with Gasteiger partial charge in [-0.05, 0) is 158 Å². The fourth-order valence-electron chi connectivity index (χ4n) is 7.95. The highest BCUT2D eigenvalue weighted by molar-refractivity contribution is 7.63. The maximum atomic E-state index is 11.9. The van der Waals surface area contributed by atoms with Crippen molar-refractivity contribution in [1.29, 1.82) is 0 Å². The Labute approximate surface area is 654 Å². The summed E-state index contributed by atoms with van der Waals surface area (Å²) in [5.74, 6) is 5.96. The Kier molecular flexibility index (Phi) is 72.0. The van der Waals surface area contributed by atoms with E-state index in [9.17, 15) is 19.0 Å². The molecule has 0 spiro atoms. The van der Waals surface area contributed by atoms with Gasteiger partial charge in [0.05, 0.1) is 156 Å². The second kappa shape index (κ2) is 70.6. The number of carbonyl (C=O) groups is 1. The zero-order valence-electron chi connectivity index (χ0n) is 69.8. The molecule has 0 aliphatic carbocycles. The van der Waals surface area contributed by atoms with Gasteiger partial charge in [-0.3, -0.25) is 4.79 Å². The molecule has 0 saturated heterocycles. The van der Waals surface area contributed by atoms with Crippen LogP contribution in [0, 0.1) is 0 Å². The van der Waals surface area contributed by atoms with Crippen molar-refractivity contribution in [3.8, 4) is 63.2 Å². The van der Waals surface area contributed by atoms with Crippen LogP contribution < -0.4 is 79.9 Å². The number of aliphatic hydroxyl groups is 7. The van der Waals surface area contributed by atoms with E-state index in [1.165, 1.54) is 49.7 Å². The Hall–Kier alpha value is -8.77. The van der Waals surface area contributed by atoms with Crippen molar-refractivity contribution >= 4 is 42.9 Å². The van der Waals surface area contributed by atoms with Crippen molar-refractivity contribution < 1.29 is 116 Å². The highest BCUT2D eigenvalue weighted by atomic mass is 31.2. The van der Waals surface area contributed by atoms with Crippen molar-refractivity contribution in [1.82, 2.24) is 0 Å². The number of anilines is 4. The first-order valence-electron chi connectivity index (χ1n) is 34.1. The number of carbonyl (C=O) groups excluding carboxylic acids is 1. The van der Waals surface area contributed by atoms with E-state index < -0.39 is 14.3 Å². The normalized spacial score (nSPS) is 9.47. The van der Waals surface area contributed by atoms with Crippen LogP contribution in [-0.2, 0) is 74.4 Å². The van der Waals surface area contributed by atoms with Crippen LogP contribution >= 0.6 is 14.3 Å². The van der Waals surface area contributed by atoms with Crippen LogP contribution in [0.4, 0.5) is 22.7 Å². The number of benzene rings is 7. The number of nitrogens with two attached hydrogens (primary N) is 3. The van der Waals surface area contributed by atoms with Crippen LogP contribution in [0.2, 0.25) is 0 Å². The molecule has 7 aromatic carbocycles. The summed E-state index contributed by atoms with van der Waals surface area (Å²) in [7, 11) is 23.7. The zero-order chi connectivity index (χ0) is 85.8. The Balaban J connectivity index is -0.000000282. The minimum Gasteiger partial charge on any atom is -0.497 e. The fourth-order valence-corrected chi connectivity index (χ4v) is 9.37. The lowest BCUT2D eigenvalue weighted by Crippen LogP contribution is -2.17. The van der Waals surface area contributed by atoms with Gasteiger partial charge in [-0.15, -0.1) is 0 Å². The fraction of sp³-hybridized carbons (Fsp3) is 0.456. The smallest absolute Gasteiger partial charge is 0.231 e. The van der Waals surface area contributed by atoms with Gasteiger partial charge in [0.25, 0.3) is 0 Å². The van der Waals surface area contributed by atoms with E-state index in [0.717, 1.165) is 45.2 Å². The summed E-state index contributed by atoms with van der Waals surface area (Å²) in [4.78, 5) is 11.9. The van der Waals surface area contributed by atoms with E-state index in [1.54, 1.807) is 172 Å². The van der Waals surface area contributed by atoms with E-state index >= 15 is 0 Å². The van der Waals surface area contributed by atoms with Gasteiger partial charge in [0.2, 0.25) is 5.91 Å². The highest BCUT2D eigenvalue weighted by Gasteiger charge is 2.20. The Morgan fingerprint density at radius 3 is 0.918 bits per heavy atom. The number of methoxy groups -OCH3 is 14. The van der Waals surface area contributed by atoms with E-state index in [2.05, 4.69) is 30.6 Å². The maximum Gasteiger partial charge on any atom is 0.231 e. The molecule has 29 nitrogen and oxygen atoms in total. The molecule has 0 heterocycles. The summed E-state index contributed by atoms with van der Waals surface area (Å²) < 4.78 is 92.0. The van der Waals surface area contributed by atoms with Crippen LogP contribution in [0.15, 0.2) is 121 Å². The third kappa shape index (κ3) is 50.8. The van der Waals surface area contributed by atoms with Gasteiger partial charge in [-0.2, -0.15) is 0 Å². The van der Waals surface area contributed by atoms with Gasteiger partial charge in [-0.1, -0.05) is 64.1 Å². The molecule has 0 aliphatic rings. The predicted octanol–water partition coefficient (Wildman–Crippen LogP) is 11.5. The van der Waals surface area contributed by atoms with E-state index in [4.69, 9.17) is 94.2 Å². The van der Waals surface area contributed by atoms with Crippen molar-refractivity contribution in [3.05, 3.63) is 160 Å². The summed E-state index contributed by atoms with van der Waals surface area (Å²) >= 11 is 0. The Morgan fingerprint density at radius 2 is 0.645 bits per heavy atom. The molecule has 110 heavy (non-hydrogen) atoms. The van der Waals surface area contributed by atoms with Crippen molar-refractivity contribution in [2.45, 2.75) is 73.9 Å². The summed E-state index contributed by atoms with van der Waals surface area (Å²) in [6.45, 7) is 15.0. The standard InChI is InChI=1S/C13H20NO5P.C13H22NO4P.2C9H13NO3.3C8H10O2.3C2H6O.2C2H6.CH5N/c1-18-10-5-9(7-15)6-11(19-2)13(10)14-12(16)8-20(3,4)17;1-17-12-8-10(9-15)7-11(13(12)18-2)14-5-6-19(3,4)16;1-12-7-3-6(5-11)4-8(13-2)9(7)10;1-12-8-4-6(5-11)3-7(10)9(8)13-2;3*1-10-8-4-2-3-7(5-8)6-9;3*1-3-2;3*1-2/h5-6,15H,7-8H2,1-4H3,(H,14,16);7-8,14-15H,5-6,9H2,1-4H3;2*3-4,11H,5,10H2,1-2H3;3*2-5,9H,6H2,1H3;3*1-2H3;2*1-2H3;2H2,1H3. The van der Waals surface area contributed by atoms with Gasteiger partial charge in [0, 0.05) is 55.4 Å². The number of hydrogen-bond donors (Lipinski definition) is 12. The molecule has 0 aliphatic heterocycles. The van der Waals surface area contributed by atoms with E-state index in [0.29, 0.717) is 92.5 Å². The molecule has 31 heteroatoms. The topological polar surface area (TPSA) is 424 Å². The minimum absolute atomic E-state index is 0.0545. The molecule has 1 amide bonds. The number of amides is 1. The number of ether oxygens (including phenoxy) is 14. The van der Waals surface area contributed by atoms with Crippen LogP contribution in [0.25, 0.3) is 0 Å². The van der Waals surface area contributed by atoms with Crippen LogP contribution in [0.1, 0.15) is 66.6 Å². The SMILES string of the molecule is CC.CC.CN.COC.COC.COC.COc1cc(CO)cc(N)c1OC.COc1cc(CO)cc(NCCP(C)(C)=O)c1OC.COc1cc(CO)cc(OC)c1N.COc1cc(CO)cc(OC)c1NC(=O)CP(C)(C)=O.COc1cccc(CO)c1.COc1cccc(CO)c1.COc1cccc(CO)c1. The number of nitrogen functional groups attached to an aromatic ring is 2. The largest absolute Gasteiger partial charge is 0.497 e. The minimum atomic E-state index is -2.45. The Bertz CT molecular complexity index is 3320.